The van der Waals surface area contributed by atoms with Gasteiger partial charge < -0.3 is 4.98 Å². The third-order valence-corrected chi connectivity index (χ3v) is 3.74. The number of aromatic amines is 1. The van der Waals surface area contributed by atoms with Crippen molar-refractivity contribution in [3.63, 3.8) is 0 Å². The van der Waals surface area contributed by atoms with Gasteiger partial charge in [-0.2, -0.15) is 0 Å². The monoisotopic (exact) mass is 280 g/mol. The summed E-state index contributed by atoms with van der Waals surface area (Å²) in [5.74, 6) is 0. The van der Waals surface area contributed by atoms with E-state index in [-0.39, 0.29) is 0 Å². The topological polar surface area (TPSA) is 20.7 Å². The van der Waals surface area contributed by atoms with Crippen molar-refractivity contribution in [2.75, 3.05) is 0 Å². The van der Waals surface area contributed by atoms with Crippen LogP contribution in [0.15, 0.2) is 60.8 Å². The van der Waals surface area contributed by atoms with Gasteiger partial charge in [-0.3, -0.25) is 4.57 Å². The number of nitrogens with zero attached hydrogens (tertiary/aromatic N) is 1. The molecular weight excluding hydrogens is 264 g/mol. The highest BCUT2D eigenvalue weighted by Crippen LogP contribution is 2.27. The summed E-state index contributed by atoms with van der Waals surface area (Å²) in [6.07, 6.45) is 2.93. The molecule has 3 heteroatoms. The Morgan fingerprint density at radius 1 is 1.00 bits per heavy atom. The van der Waals surface area contributed by atoms with Crippen LogP contribution in [0, 0.1) is 4.77 Å². The normalized spacial score (nSPS) is 10.7. The maximum absolute atomic E-state index is 5.44. The molecule has 0 aliphatic heterocycles. The molecule has 0 saturated heterocycles. The standard InChI is InChI=1S/C17H16N2S/c1-2-14-12-18-17(20)19(14)16-11-7-6-10-15(16)13-8-4-3-5-9-13/h3-12H,2H2,1H3,(H,18,20). The van der Waals surface area contributed by atoms with Gasteiger partial charge in [0.05, 0.1) is 5.69 Å². The molecule has 0 radical (unpaired) electrons. The molecular formula is C17H16N2S. The fourth-order valence-electron chi connectivity index (χ4n) is 2.46. The Labute approximate surface area is 123 Å². The first-order valence-corrected chi connectivity index (χ1v) is 7.16. The summed E-state index contributed by atoms with van der Waals surface area (Å²) >= 11 is 5.44. The summed E-state index contributed by atoms with van der Waals surface area (Å²) < 4.78 is 2.86. The van der Waals surface area contributed by atoms with E-state index in [1.807, 2.05) is 12.3 Å². The van der Waals surface area contributed by atoms with Gasteiger partial charge in [0.1, 0.15) is 0 Å². The molecule has 0 fully saturated rings. The van der Waals surface area contributed by atoms with E-state index in [0.717, 1.165) is 16.9 Å². The summed E-state index contributed by atoms with van der Waals surface area (Å²) in [6.45, 7) is 2.14. The third kappa shape index (κ3) is 2.21. The van der Waals surface area contributed by atoms with Crippen molar-refractivity contribution in [3.05, 3.63) is 71.3 Å². The minimum atomic E-state index is 0.741. The molecule has 0 aliphatic carbocycles. The minimum Gasteiger partial charge on any atom is -0.337 e. The molecule has 0 amide bonds. The van der Waals surface area contributed by atoms with Crippen LogP contribution >= 0.6 is 12.2 Å². The molecule has 0 unspecified atom stereocenters. The molecule has 100 valence electrons. The third-order valence-electron chi connectivity index (χ3n) is 3.44. The average molecular weight is 280 g/mol. The van der Waals surface area contributed by atoms with Crippen molar-refractivity contribution in [2.24, 2.45) is 0 Å². The average Bonchev–Trinajstić information content (AvgIpc) is 2.89. The molecule has 0 aliphatic rings. The molecule has 1 aromatic heterocycles. The SMILES string of the molecule is CCc1c[nH]c(=S)n1-c1ccccc1-c1ccccc1. The van der Waals surface area contributed by atoms with Crippen LogP contribution < -0.4 is 0 Å². The highest BCUT2D eigenvalue weighted by atomic mass is 32.1. The van der Waals surface area contributed by atoms with Crippen LogP contribution in [-0.4, -0.2) is 9.55 Å². The highest BCUT2D eigenvalue weighted by molar-refractivity contribution is 7.71. The zero-order valence-electron chi connectivity index (χ0n) is 11.3. The van der Waals surface area contributed by atoms with Gasteiger partial charge in [0.2, 0.25) is 0 Å². The summed E-state index contributed by atoms with van der Waals surface area (Å²) in [6, 6.07) is 18.8. The largest absolute Gasteiger partial charge is 0.337 e. The lowest BCUT2D eigenvalue weighted by Crippen LogP contribution is -2.01. The van der Waals surface area contributed by atoms with Crippen molar-refractivity contribution in [1.82, 2.24) is 9.55 Å². The molecule has 1 heterocycles. The number of benzene rings is 2. The van der Waals surface area contributed by atoms with E-state index >= 15 is 0 Å². The summed E-state index contributed by atoms with van der Waals surface area (Å²) in [5, 5.41) is 0. The van der Waals surface area contributed by atoms with Gasteiger partial charge in [0, 0.05) is 17.5 Å². The number of hydrogen-bond donors (Lipinski definition) is 1. The van der Waals surface area contributed by atoms with E-state index in [9.17, 15) is 0 Å². The van der Waals surface area contributed by atoms with Gasteiger partial charge in [-0.15, -0.1) is 0 Å². The number of para-hydroxylation sites is 1. The van der Waals surface area contributed by atoms with Crippen LogP contribution in [0.2, 0.25) is 0 Å². The maximum Gasteiger partial charge on any atom is 0.182 e. The lowest BCUT2D eigenvalue weighted by molar-refractivity contribution is 0.923. The fraction of sp³-hybridized carbons (Fsp3) is 0.118. The lowest BCUT2D eigenvalue weighted by Gasteiger charge is -2.13. The number of nitrogens with one attached hydrogen (secondary N) is 1. The van der Waals surface area contributed by atoms with Crippen LogP contribution in [0.4, 0.5) is 0 Å². The second kappa shape index (κ2) is 5.47. The van der Waals surface area contributed by atoms with Crippen molar-refractivity contribution in [1.29, 1.82) is 0 Å². The molecule has 0 saturated carbocycles. The summed E-state index contributed by atoms with van der Waals surface area (Å²) in [7, 11) is 0. The van der Waals surface area contributed by atoms with Crippen molar-refractivity contribution >= 4 is 12.2 Å². The summed E-state index contributed by atoms with van der Waals surface area (Å²) in [5.41, 5.74) is 4.71. The molecule has 0 atom stereocenters. The molecule has 3 rings (SSSR count). The van der Waals surface area contributed by atoms with Crippen LogP contribution in [0.5, 0.6) is 0 Å². The Morgan fingerprint density at radius 3 is 2.45 bits per heavy atom. The van der Waals surface area contributed by atoms with Crippen LogP contribution in [0.3, 0.4) is 0 Å². The van der Waals surface area contributed by atoms with Gasteiger partial charge in [-0.25, -0.2) is 0 Å². The Bertz CT molecular complexity index is 769. The van der Waals surface area contributed by atoms with Crippen molar-refractivity contribution in [3.8, 4) is 16.8 Å². The van der Waals surface area contributed by atoms with E-state index in [2.05, 4.69) is 65.0 Å². The molecule has 2 aromatic carbocycles. The number of hydrogen-bond acceptors (Lipinski definition) is 1. The fourth-order valence-corrected chi connectivity index (χ4v) is 2.73. The predicted octanol–water partition coefficient (Wildman–Crippen LogP) is 4.76. The van der Waals surface area contributed by atoms with Crippen molar-refractivity contribution < 1.29 is 0 Å². The quantitative estimate of drug-likeness (QED) is 0.686. The van der Waals surface area contributed by atoms with E-state index in [1.54, 1.807) is 0 Å². The smallest absolute Gasteiger partial charge is 0.182 e. The Morgan fingerprint density at radius 2 is 1.70 bits per heavy atom. The lowest BCUT2D eigenvalue weighted by atomic mass is 10.0. The minimum absolute atomic E-state index is 0.741. The predicted molar refractivity (Wildman–Crippen MR) is 85.8 cm³/mol. The van der Waals surface area contributed by atoms with Gasteiger partial charge in [0.25, 0.3) is 0 Å². The molecule has 0 bridgehead atoms. The van der Waals surface area contributed by atoms with E-state index < -0.39 is 0 Å². The number of H-pyrrole nitrogens is 1. The first kappa shape index (κ1) is 12.9. The van der Waals surface area contributed by atoms with Crippen molar-refractivity contribution in [2.45, 2.75) is 13.3 Å². The van der Waals surface area contributed by atoms with E-state index in [1.165, 1.54) is 16.8 Å². The van der Waals surface area contributed by atoms with Crippen LogP contribution in [0.1, 0.15) is 12.6 Å². The molecule has 3 aromatic rings. The Balaban J connectivity index is 2.26. The first-order valence-electron chi connectivity index (χ1n) is 6.75. The van der Waals surface area contributed by atoms with Gasteiger partial charge in [-0.05, 0) is 30.3 Å². The Hall–Kier alpha value is -2.13. The zero-order chi connectivity index (χ0) is 13.9. The van der Waals surface area contributed by atoms with Gasteiger partial charge in [-0.1, -0.05) is 55.5 Å². The van der Waals surface area contributed by atoms with E-state index in [0.29, 0.717) is 0 Å². The number of rotatable bonds is 3. The second-order valence-corrected chi connectivity index (χ2v) is 5.04. The van der Waals surface area contributed by atoms with Crippen LogP contribution in [-0.2, 0) is 6.42 Å². The number of imidazole rings is 1. The molecule has 1 N–H and O–H groups in total. The molecule has 0 spiro atoms. The highest BCUT2D eigenvalue weighted by Gasteiger charge is 2.10. The maximum atomic E-state index is 5.44. The van der Waals surface area contributed by atoms with Gasteiger partial charge in [0.15, 0.2) is 4.77 Å². The van der Waals surface area contributed by atoms with Crippen LogP contribution in [0.25, 0.3) is 16.8 Å². The summed E-state index contributed by atoms with van der Waals surface area (Å²) in [4.78, 5) is 3.14. The molecule has 2 nitrogen and oxygen atoms in total. The first-order chi connectivity index (χ1) is 9.81. The number of aromatic nitrogens is 2. The van der Waals surface area contributed by atoms with E-state index in [4.69, 9.17) is 12.2 Å². The molecule has 20 heavy (non-hydrogen) atoms. The Kier molecular flexibility index (Phi) is 3.52. The zero-order valence-corrected chi connectivity index (χ0v) is 12.2. The second-order valence-electron chi connectivity index (χ2n) is 4.66. The number of aryl methyl sites for hydroxylation is 1. The van der Waals surface area contributed by atoms with Gasteiger partial charge >= 0.3 is 0 Å².